The number of hydrogen-bond acceptors (Lipinski definition) is 2. The Balaban J connectivity index is 2.54. The van der Waals surface area contributed by atoms with E-state index in [0.717, 1.165) is 5.56 Å². The number of hydrogen-bond donors (Lipinski definition) is 2. The normalized spacial score (nSPS) is 12.8. The molecule has 0 heterocycles. The molecule has 1 atom stereocenters. The summed E-state index contributed by atoms with van der Waals surface area (Å²) in [6.07, 6.45) is 0.569. The lowest BCUT2D eigenvalue weighted by Crippen LogP contribution is -2.41. The van der Waals surface area contributed by atoms with Crippen molar-refractivity contribution >= 4 is 23.5 Å². The molecule has 0 radical (unpaired) electrons. The Morgan fingerprint density at radius 1 is 1.40 bits per heavy atom. The highest BCUT2D eigenvalue weighted by Gasteiger charge is 2.28. The van der Waals surface area contributed by atoms with Crippen molar-refractivity contribution in [2.75, 3.05) is 6.54 Å². The topological polar surface area (TPSA) is 66.4 Å². The summed E-state index contributed by atoms with van der Waals surface area (Å²) in [5.74, 6) is -1.32. The van der Waals surface area contributed by atoms with Crippen LogP contribution >= 0.6 is 11.6 Å². The fourth-order valence-corrected chi connectivity index (χ4v) is 1.88. The maximum atomic E-state index is 12.0. The van der Waals surface area contributed by atoms with Crippen molar-refractivity contribution in [3.8, 4) is 0 Å². The van der Waals surface area contributed by atoms with Crippen molar-refractivity contribution in [2.45, 2.75) is 27.2 Å². The van der Waals surface area contributed by atoms with Crippen molar-refractivity contribution in [1.82, 2.24) is 5.32 Å². The van der Waals surface area contributed by atoms with Gasteiger partial charge in [-0.25, -0.2) is 0 Å². The van der Waals surface area contributed by atoms with E-state index in [1.54, 1.807) is 19.9 Å². The number of halogens is 1. The number of aliphatic carboxylic acids is 1. The van der Waals surface area contributed by atoms with Crippen LogP contribution in [-0.2, 0) is 16.0 Å². The number of nitrogens with one attached hydrogen (secondary N) is 1. The Bertz CT molecular complexity index is 500. The quantitative estimate of drug-likeness (QED) is 0.848. The lowest BCUT2D eigenvalue weighted by Gasteiger charge is -2.21. The molecule has 20 heavy (non-hydrogen) atoms. The van der Waals surface area contributed by atoms with Gasteiger partial charge in [-0.1, -0.05) is 30.7 Å². The first-order valence-corrected chi connectivity index (χ1v) is 6.86. The minimum Gasteiger partial charge on any atom is -0.481 e. The van der Waals surface area contributed by atoms with E-state index in [1.807, 2.05) is 25.1 Å². The number of benzene rings is 1. The Morgan fingerprint density at radius 2 is 2.05 bits per heavy atom. The predicted molar refractivity (Wildman–Crippen MR) is 78.7 cm³/mol. The van der Waals surface area contributed by atoms with Crippen LogP contribution in [0.3, 0.4) is 0 Å². The first kappa shape index (κ1) is 16.5. The molecule has 0 aromatic heterocycles. The average molecular weight is 298 g/mol. The summed E-state index contributed by atoms with van der Waals surface area (Å²) < 4.78 is 0. The van der Waals surface area contributed by atoms with Gasteiger partial charge in [0, 0.05) is 17.5 Å². The Kier molecular flexibility index (Phi) is 5.57. The van der Waals surface area contributed by atoms with Crippen LogP contribution in [0.4, 0.5) is 0 Å². The molecule has 1 aromatic rings. The minimum atomic E-state index is -0.967. The first-order chi connectivity index (χ1) is 9.22. The molecule has 2 N–H and O–H groups in total. The number of amides is 1. The molecule has 1 rings (SSSR count). The summed E-state index contributed by atoms with van der Waals surface area (Å²) in [7, 11) is 0. The summed E-state index contributed by atoms with van der Waals surface area (Å²) in [6, 6.07) is 7.37. The standard InChI is InChI=1S/C15H20ClNO3/c1-10(7-11-5-4-6-12(16)8-11)13(18)17-9-15(2,3)14(19)20/h4-6,8,10H,7,9H2,1-3H3,(H,17,18)(H,19,20). The van der Waals surface area contributed by atoms with Gasteiger partial charge in [0.2, 0.25) is 5.91 Å². The minimum absolute atomic E-state index is 0.112. The molecular weight excluding hydrogens is 278 g/mol. The van der Waals surface area contributed by atoms with Gasteiger partial charge in [-0.15, -0.1) is 0 Å². The second-order valence-corrected chi connectivity index (χ2v) is 6.08. The molecule has 0 bridgehead atoms. The number of carboxylic acid groups (broad SMARTS) is 1. The largest absolute Gasteiger partial charge is 0.481 e. The maximum Gasteiger partial charge on any atom is 0.310 e. The van der Waals surface area contributed by atoms with Gasteiger partial charge in [0.05, 0.1) is 5.41 Å². The fourth-order valence-electron chi connectivity index (χ4n) is 1.67. The first-order valence-electron chi connectivity index (χ1n) is 6.48. The van der Waals surface area contributed by atoms with Crippen molar-refractivity contribution in [3.63, 3.8) is 0 Å². The molecule has 1 unspecified atom stereocenters. The van der Waals surface area contributed by atoms with Gasteiger partial charge in [-0.05, 0) is 38.0 Å². The summed E-state index contributed by atoms with van der Waals surface area (Å²) in [5, 5.41) is 12.3. The summed E-state index contributed by atoms with van der Waals surface area (Å²) in [4.78, 5) is 22.9. The molecule has 4 nitrogen and oxygen atoms in total. The van der Waals surface area contributed by atoms with E-state index in [2.05, 4.69) is 5.32 Å². The van der Waals surface area contributed by atoms with Crippen LogP contribution in [-0.4, -0.2) is 23.5 Å². The Morgan fingerprint density at radius 3 is 2.60 bits per heavy atom. The molecule has 0 fully saturated rings. The van der Waals surface area contributed by atoms with E-state index in [4.69, 9.17) is 16.7 Å². The van der Waals surface area contributed by atoms with Crippen LogP contribution < -0.4 is 5.32 Å². The summed E-state index contributed by atoms with van der Waals surface area (Å²) in [6.45, 7) is 5.08. The second kappa shape index (κ2) is 6.75. The van der Waals surface area contributed by atoms with Crippen molar-refractivity contribution < 1.29 is 14.7 Å². The smallest absolute Gasteiger partial charge is 0.310 e. The number of rotatable bonds is 6. The van der Waals surface area contributed by atoms with Gasteiger partial charge < -0.3 is 10.4 Å². The van der Waals surface area contributed by atoms with Crippen LogP contribution in [0.2, 0.25) is 5.02 Å². The molecule has 0 aliphatic carbocycles. The molecule has 0 aliphatic heterocycles. The SMILES string of the molecule is CC(Cc1cccc(Cl)c1)C(=O)NCC(C)(C)C(=O)O. The third-order valence-electron chi connectivity index (χ3n) is 3.16. The summed E-state index contributed by atoms with van der Waals surface area (Å²) >= 11 is 5.90. The third-order valence-corrected chi connectivity index (χ3v) is 3.40. The maximum absolute atomic E-state index is 12.0. The third kappa shape index (κ3) is 4.85. The van der Waals surface area contributed by atoms with Crippen LogP contribution in [0.25, 0.3) is 0 Å². The zero-order valence-corrected chi connectivity index (χ0v) is 12.7. The van der Waals surface area contributed by atoms with Crippen molar-refractivity contribution in [2.24, 2.45) is 11.3 Å². The van der Waals surface area contributed by atoms with Gasteiger partial charge in [-0.2, -0.15) is 0 Å². The molecular formula is C15H20ClNO3. The molecule has 0 aliphatic rings. The van der Waals surface area contributed by atoms with E-state index in [1.165, 1.54) is 0 Å². The zero-order valence-electron chi connectivity index (χ0n) is 11.9. The van der Waals surface area contributed by atoms with Gasteiger partial charge >= 0.3 is 5.97 Å². The molecule has 1 amide bonds. The highest BCUT2D eigenvalue weighted by atomic mass is 35.5. The van der Waals surface area contributed by atoms with Gasteiger partial charge in [0.1, 0.15) is 0 Å². The molecule has 0 spiro atoms. The van der Waals surface area contributed by atoms with E-state index < -0.39 is 11.4 Å². The van der Waals surface area contributed by atoms with Crippen LogP contribution in [0.5, 0.6) is 0 Å². The lowest BCUT2D eigenvalue weighted by atomic mass is 9.93. The van der Waals surface area contributed by atoms with E-state index in [-0.39, 0.29) is 18.4 Å². The lowest BCUT2D eigenvalue weighted by molar-refractivity contribution is -0.146. The van der Waals surface area contributed by atoms with Gasteiger partial charge in [0.15, 0.2) is 0 Å². The van der Waals surface area contributed by atoms with E-state index >= 15 is 0 Å². The molecule has 5 heteroatoms. The molecule has 110 valence electrons. The van der Waals surface area contributed by atoms with Crippen LogP contribution in [0.15, 0.2) is 24.3 Å². The van der Waals surface area contributed by atoms with E-state index in [0.29, 0.717) is 11.4 Å². The van der Waals surface area contributed by atoms with Crippen molar-refractivity contribution in [1.29, 1.82) is 0 Å². The van der Waals surface area contributed by atoms with Crippen LogP contribution in [0.1, 0.15) is 26.3 Å². The number of carbonyl (C=O) groups excluding carboxylic acids is 1. The predicted octanol–water partition coefficient (Wildman–Crippen LogP) is 2.75. The molecule has 0 saturated heterocycles. The number of carboxylic acids is 1. The van der Waals surface area contributed by atoms with E-state index in [9.17, 15) is 9.59 Å². The van der Waals surface area contributed by atoms with Crippen LogP contribution in [0, 0.1) is 11.3 Å². The van der Waals surface area contributed by atoms with Gasteiger partial charge in [-0.3, -0.25) is 9.59 Å². The fraction of sp³-hybridized carbons (Fsp3) is 0.467. The molecule has 0 saturated carbocycles. The molecule has 1 aromatic carbocycles. The van der Waals surface area contributed by atoms with Crippen molar-refractivity contribution in [3.05, 3.63) is 34.9 Å². The number of carbonyl (C=O) groups is 2. The Hall–Kier alpha value is -1.55. The Labute approximate surface area is 124 Å². The monoisotopic (exact) mass is 297 g/mol. The zero-order chi connectivity index (χ0) is 15.3. The van der Waals surface area contributed by atoms with Gasteiger partial charge in [0.25, 0.3) is 0 Å². The highest BCUT2D eigenvalue weighted by Crippen LogP contribution is 2.16. The average Bonchev–Trinajstić information content (AvgIpc) is 2.35. The highest BCUT2D eigenvalue weighted by molar-refractivity contribution is 6.30. The second-order valence-electron chi connectivity index (χ2n) is 5.64. The summed E-state index contributed by atoms with van der Waals surface area (Å²) in [5.41, 5.74) is 0.0171.